The highest BCUT2D eigenvalue weighted by Gasteiger charge is 1.99. The van der Waals surface area contributed by atoms with Gasteiger partial charge in [-0.05, 0) is 25.3 Å². The smallest absolute Gasteiger partial charge is 0.221 e. The molecule has 0 atom stereocenters. The summed E-state index contributed by atoms with van der Waals surface area (Å²) in [5, 5.41) is 6.23. The molecule has 0 bridgehead atoms. The molecule has 0 aromatic carbocycles. The summed E-state index contributed by atoms with van der Waals surface area (Å²) in [6, 6.07) is 0. The van der Waals surface area contributed by atoms with E-state index in [9.17, 15) is 4.79 Å². The van der Waals surface area contributed by atoms with Crippen LogP contribution in [-0.4, -0.2) is 25.5 Å². The van der Waals surface area contributed by atoms with Crippen LogP contribution in [-0.2, 0) is 4.79 Å². The maximum absolute atomic E-state index is 11.4. The van der Waals surface area contributed by atoms with Gasteiger partial charge < -0.3 is 10.6 Å². The number of hydrogen-bond donors (Lipinski definition) is 2. The van der Waals surface area contributed by atoms with E-state index in [4.69, 9.17) is 0 Å². The molecule has 1 amide bonds. The largest absolute Gasteiger partial charge is 0.356 e. The molecule has 0 aliphatic carbocycles. The molecular formula is C13H28N2O. The normalized spacial score (nSPS) is 10.8. The lowest BCUT2D eigenvalue weighted by atomic mass is 10.1. The summed E-state index contributed by atoms with van der Waals surface area (Å²) < 4.78 is 0. The Labute approximate surface area is 100 Å². The maximum Gasteiger partial charge on any atom is 0.221 e. The van der Waals surface area contributed by atoms with Crippen molar-refractivity contribution in [1.82, 2.24) is 10.6 Å². The van der Waals surface area contributed by atoms with Crippen LogP contribution >= 0.6 is 0 Å². The monoisotopic (exact) mass is 228 g/mol. The van der Waals surface area contributed by atoms with Gasteiger partial charge in [-0.2, -0.15) is 0 Å². The van der Waals surface area contributed by atoms with Gasteiger partial charge in [0.1, 0.15) is 0 Å². The molecule has 0 aliphatic rings. The van der Waals surface area contributed by atoms with Crippen LogP contribution in [0.2, 0.25) is 0 Å². The summed E-state index contributed by atoms with van der Waals surface area (Å²) in [7, 11) is 0. The van der Waals surface area contributed by atoms with Crippen LogP contribution < -0.4 is 10.6 Å². The summed E-state index contributed by atoms with van der Waals surface area (Å²) in [4.78, 5) is 11.4. The maximum atomic E-state index is 11.4. The molecule has 0 fully saturated rings. The zero-order chi connectivity index (χ0) is 12.2. The summed E-state index contributed by atoms with van der Waals surface area (Å²) in [6.07, 6.45) is 5.28. The van der Waals surface area contributed by atoms with E-state index in [1.807, 2.05) is 0 Å². The molecule has 0 heterocycles. The molecule has 0 unspecified atom stereocenters. The molecule has 0 spiro atoms. The van der Waals surface area contributed by atoms with Crippen molar-refractivity contribution in [2.75, 3.05) is 19.6 Å². The Balaban J connectivity index is 3.17. The number of unbranched alkanes of at least 4 members (excludes halogenated alkanes) is 2. The van der Waals surface area contributed by atoms with E-state index in [0.717, 1.165) is 32.0 Å². The number of carbonyl (C=O) groups is 1. The summed E-state index contributed by atoms with van der Waals surface area (Å²) in [6.45, 7) is 9.23. The minimum absolute atomic E-state index is 0.174. The van der Waals surface area contributed by atoms with Crippen molar-refractivity contribution >= 4 is 5.91 Å². The van der Waals surface area contributed by atoms with E-state index in [1.54, 1.807) is 0 Å². The molecule has 16 heavy (non-hydrogen) atoms. The molecule has 0 aliphatic heterocycles. The van der Waals surface area contributed by atoms with Crippen molar-refractivity contribution in [2.24, 2.45) is 5.92 Å². The molecule has 0 aromatic rings. The molecule has 0 saturated carbocycles. The lowest BCUT2D eigenvalue weighted by molar-refractivity contribution is -0.121. The zero-order valence-electron chi connectivity index (χ0n) is 11.1. The predicted molar refractivity (Wildman–Crippen MR) is 69.5 cm³/mol. The van der Waals surface area contributed by atoms with Gasteiger partial charge in [0.05, 0.1) is 0 Å². The average molecular weight is 228 g/mol. The Hall–Kier alpha value is -0.570. The SMILES string of the molecule is CCCCCNC(=O)CCNCCC(C)C. The van der Waals surface area contributed by atoms with Crippen molar-refractivity contribution in [2.45, 2.75) is 52.9 Å². The molecule has 3 heteroatoms. The van der Waals surface area contributed by atoms with Gasteiger partial charge in [0.2, 0.25) is 5.91 Å². The van der Waals surface area contributed by atoms with Gasteiger partial charge in [-0.1, -0.05) is 33.6 Å². The van der Waals surface area contributed by atoms with Gasteiger partial charge in [0.15, 0.2) is 0 Å². The summed E-state index contributed by atoms with van der Waals surface area (Å²) in [5.74, 6) is 0.906. The quantitative estimate of drug-likeness (QED) is 0.563. The fourth-order valence-corrected chi connectivity index (χ4v) is 1.41. The van der Waals surface area contributed by atoms with E-state index in [2.05, 4.69) is 31.4 Å². The molecule has 0 rings (SSSR count). The topological polar surface area (TPSA) is 41.1 Å². The molecule has 0 saturated heterocycles. The molecule has 2 N–H and O–H groups in total. The number of rotatable bonds is 10. The molecule has 3 nitrogen and oxygen atoms in total. The van der Waals surface area contributed by atoms with Crippen LogP contribution in [0, 0.1) is 5.92 Å². The minimum atomic E-state index is 0.174. The van der Waals surface area contributed by atoms with E-state index < -0.39 is 0 Å². The van der Waals surface area contributed by atoms with Gasteiger partial charge in [0.25, 0.3) is 0 Å². The number of carbonyl (C=O) groups excluding carboxylic acids is 1. The lowest BCUT2D eigenvalue weighted by Gasteiger charge is -2.07. The van der Waals surface area contributed by atoms with Crippen LogP contribution in [0.1, 0.15) is 52.9 Å². The number of nitrogens with one attached hydrogen (secondary N) is 2. The molecule has 96 valence electrons. The van der Waals surface area contributed by atoms with E-state index in [1.165, 1.54) is 19.3 Å². The third kappa shape index (κ3) is 11.5. The second-order valence-electron chi connectivity index (χ2n) is 4.74. The second kappa shape index (κ2) is 10.9. The van der Waals surface area contributed by atoms with Crippen molar-refractivity contribution < 1.29 is 4.79 Å². The fraction of sp³-hybridized carbons (Fsp3) is 0.923. The Kier molecular flexibility index (Phi) is 10.5. The third-order valence-corrected chi connectivity index (χ3v) is 2.53. The van der Waals surface area contributed by atoms with Gasteiger partial charge in [-0.3, -0.25) is 4.79 Å². The van der Waals surface area contributed by atoms with Crippen LogP contribution in [0.25, 0.3) is 0 Å². The first-order chi connectivity index (χ1) is 7.66. The van der Waals surface area contributed by atoms with Gasteiger partial charge in [-0.25, -0.2) is 0 Å². The Morgan fingerprint density at radius 1 is 1.12 bits per heavy atom. The Bertz CT molecular complexity index is 169. The predicted octanol–water partition coefficient (Wildman–Crippen LogP) is 2.32. The summed E-state index contributed by atoms with van der Waals surface area (Å²) >= 11 is 0. The first-order valence-electron chi connectivity index (χ1n) is 6.64. The standard InChI is InChI=1S/C13H28N2O/c1-4-5-6-9-15-13(16)8-11-14-10-7-12(2)3/h12,14H,4-11H2,1-3H3,(H,15,16). The van der Waals surface area contributed by atoms with Gasteiger partial charge in [-0.15, -0.1) is 0 Å². The summed E-state index contributed by atoms with van der Waals surface area (Å²) in [5.41, 5.74) is 0. The highest BCUT2D eigenvalue weighted by Crippen LogP contribution is 1.96. The zero-order valence-corrected chi connectivity index (χ0v) is 11.1. The highest BCUT2D eigenvalue weighted by atomic mass is 16.1. The first-order valence-corrected chi connectivity index (χ1v) is 6.64. The Morgan fingerprint density at radius 2 is 1.88 bits per heavy atom. The highest BCUT2D eigenvalue weighted by molar-refractivity contribution is 5.75. The Morgan fingerprint density at radius 3 is 2.50 bits per heavy atom. The van der Waals surface area contributed by atoms with Crippen molar-refractivity contribution in [3.05, 3.63) is 0 Å². The fourth-order valence-electron chi connectivity index (χ4n) is 1.41. The number of amides is 1. The first kappa shape index (κ1) is 15.4. The van der Waals surface area contributed by atoms with Gasteiger partial charge in [0, 0.05) is 19.5 Å². The molecular weight excluding hydrogens is 200 g/mol. The molecule has 0 aromatic heterocycles. The molecule has 0 radical (unpaired) electrons. The van der Waals surface area contributed by atoms with Crippen molar-refractivity contribution in [3.8, 4) is 0 Å². The van der Waals surface area contributed by atoms with Crippen LogP contribution in [0.15, 0.2) is 0 Å². The van der Waals surface area contributed by atoms with Crippen molar-refractivity contribution in [1.29, 1.82) is 0 Å². The van der Waals surface area contributed by atoms with E-state index in [-0.39, 0.29) is 5.91 Å². The minimum Gasteiger partial charge on any atom is -0.356 e. The van der Waals surface area contributed by atoms with Crippen LogP contribution in [0.3, 0.4) is 0 Å². The van der Waals surface area contributed by atoms with Crippen molar-refractivity contribution in [3.63, 3.8) is 0 Å². The van der Waals surface area contributed by atoms with E-state index >= 15 is 0 Å². The van der Waals surface area contributed by atoms with E-state index in [0.29, 0.717) is 6.42 Å². The van der Waals surface area contributed by atoms with Crippen LogP contribution in [0.4, 0.5) is 0 Å². The average Bonchev–Trinajstić information content (AvgIpc) is 2.23. The lowest BCUT2D eigenvalue weighted by Crippen LogP contribution is -2.29. The second-order valence-corrected chi connectivity index (χ2v) is 4.74. The van der Waals surface area contributed by atoms with Crippen LogP contribution in [0.5, 0.6) is 0 Å². The van der Waals surface area contributed by atoms with Gasteiger partial charge >= 0.3 is 0 Å². The number of hydrogen-bond acceptors (Lipinski definition) is 2. The third-order valence-electron chi connectivity index (χ3n) is 2.53.